The average Bonchev–Trinajstić information content (AvgIpc) is 2.80. The first-order valence-corrected chi connectivity index (χ1v) is 7.19. The first-order chi connectivity index (χ1) is 9.13. The topological polar surface area (TPSA) is 55.9 Å². The van der Waals surface area contributed by atoms with Crippen LogP contribution in [0.15, 0.2) is 0 Å². The van der Waals surface area contributed by atoms with E-state index in [1.54, 1.807) is 9.80 Å². The van der Waals surface area contributed by atoms with Gasteiger partial charge in [0.2, 0.25) is 5.91 Å². The average molecular weight is 268 g/mol. The van der Waals surface area contributed by atoms with Crippen LogP contribution in [0.4, 0.5) is 4.79 Å². The number of carbonyl (C=O) groups excluding carboxylic acids is 2. The Balaban J connectivity index is 1.83. The van der Waals surface area contributed by atoms with Gasteiger partial charge in [0.1, 0.15) is 6.54 Å². The molecule has 1 atom stereocenters. The summed E-state index contributed by atoms with van der Waals surface area (Å²) < 4.78 is 0. The van der Waals surface area contributed by atoms with E-state index in [4.69, 9.17) is 0 Å². The summed E-state index contributed by atoms with van der Waals surface area (Å²) in [5.41, 5.74) is 0. The molecule has 0 spiro atoms. The van der Waals surface area contributed by atoms with Crippen molar-refractivity contribution in [3.63, 3.8) is 0 Å². The van der Waals surface area contributed by atoms with Gasteiger partial charge in [-0.2, -0.15) is 0 Å². The Morgan fingerprint density at radius 2 is 2.16 bits per heavy atom. The van der Waals surface area contributed by atoms with Gasteiger partial charge in [-0.1, -0.05) is 6.92 Å². The van der Waals surface area contributed by atoms with Gasteiger partial charge in [-0.25, -0.2) is 4.79 Å². The smallest absolute Gasteiger partial charge is 0.319 e. The number of urea groups is 1. The normalized spacial score (nSPS) is 24.9. The summed E-state index contributed by atoms with van der Waals surface area (Å²) in [4.78, 5) is 29.4. The van der Waals surface area contributed by atoms with Crippen molar-refractivity contribution in [2.45, 2.75) is 32.7 Å². The second-order valence-corrected chi connectivity index (χ2v) is 5.27. The maximum Gasteiger partial charge on any atom is 0.319 e. The van der Waals surface area contributed by atoms with Crippen LogP contribution >= 0.6 is 0 Å². The molecule has 0 bridgehead atoms. The Kier molecular flexibility index (Phi) is 4.63. The molecule has 0 radical (unpaired) electrons. The van der Waals surface area contributed by atoms with Gasteiger partial charge in [-0.05, 0) is 32.9 Å². The molecule has 2 rings (SSSR count). The third-order valence-corrected chi connectivity index (χ3v) is 3.97. The van der Waals surface area contributed by atoms with Gasteiger partial charge in [0.25, 0.3) is 0 Å². The fourth-order valence-corrected chi connectivity index (χ4v) is 2.74. The van der Waals surface area contributed by atoms with Crippen LogP contribution in [0.3, 0.4) is 0 Å². The summed E-state index contributed by atoms with van der Waals surface area (Å²) in [6.07, 6.45) is 2.15. The van der Waals surface area contributed by atoms with Crippen molar-refractivity contribution >= 4 is 11.9 Å². The molecule has 2 aliphatic rings. The highest BCUT2D eigenvalue weighted by atomic mass is 16.2. The molecular weight excluding hydrogens is 244 g/mol. The Bertz CT molecular complexity index is 348. The molecule has 19 heavy (non-hydrogen) atoms. The summed E-state index contributed by atoms with van der Waals surface area (Å²) >= 11 is 0. The molecule has 2 heterocycles. The van der Waals surface area contributed by atoms with Gasteiger partial charge >= 0.3 is 6.03 Å². The number of rotatable bonds is 3. The highest BCUT2D eigenvalue weighted by Crippen LogP contribution is 2.11. The molecule has 108 valence electrons. The molecule has 1 N–H and O–H groups in total. The second kappa shape index (κ2) is 6.23. The van der Waals surface area contributed by atoms with Crippen LogP contribution in [0.25, 0.3) is 0 Å². The Morgan fingerprint density at radius 3 is 2.79 bits per heavy atom. The monoisotopic (exact) mass is 268 g/mol. The largest absolute Gasteiger partial charge is 0.334 e. The molecule has 6 nitrogen and oxygen atoms in total. The molecule has 0 saturated carbocycles. The number of carbonyl (C=O) groups is 2. The van der Waals surface area contributed by atoms with E-state index in [1.807, 2.05) is 6.92 Å². The molecule has 2 fully saturated rings. The van der Waals surface area contributed by atoms with Crippen molar-refractivity contribution in [1.82, 2.24) is 20.0 Å². The molecule has 1 unspecified atom stereocenters. The van der Waals surface area contributed by atoms with Crippen LogP contribution < -0.4 is 5.32 Å². The highest BCUT2D eigenvalue weighted by Gasteiger charge is 2.31. The van der Waals surface area contributed by atoms with Gasteiger partial charge < -0.3 is 15.1 Å². The van der Waals surface area contributed by atoms with Crippen LogP contribution in [0.5, 0.6) is 0 Å². The lowest BCUT2D eigenvalue weighted by Gasteiger charge is -2.33. The van der Waals surface area contributed by atoms with Gasteiger partial charge in [-0.3, -0.25) is 9.69 Å². The van der Waals surface area contributed by atoms with Gasteiger partial charge in [0.15, 0.2) is 0 Å². The van der Waals surface area contributed by atoms with Gasteiger partial charge in [-0.15, -0.1) is 0 Å². The van der Waals surface area contributed by atoms with Gasteiger partial charge in [0, 0.05) is 19.1 Å². The summed E-state index contributed by atoms with van der Waals surface area (Å²) in [6.45, 7) is 8.43. The minimum absolute atomic E-state index is 0.0384. The van der Waals surface area contributed by atoms with E-state index in [0.717, 1.165) is 32.5 Å². The first-order valence-electron chi connectivity index (χ1n) is 7.19. The standard InChI is InChI=1S/C13H24N4O2/c1-3-15-7-5-6-11(8-15)14-13(19)17-9-12(18)16(4-2)10-17/h11H,3-10H2,1-2H3,(H,14,19). The van der Waals surface area contributed by atoms with Gasteiger partial charge in [0.05, 0.1) is 6.67 Å². The molecule has 0 aromatic heterocycles. The molecular formula is C13H24N4O2. The fourth-order valence-electron chi connectivity index (χ4n) is 2.74. The predicted octanol–water partition coefficient (Wildman–Crippen LogP) is 0.302. The summed E-state index contributed by atoms with van der Waals surface area (Å²) in [7, 11) is 0. The zero-order chi connectivity index (χ0) is 13.8. The van der Waals surface area contributed by atoms with E-state index in [2.05, 4.69) is 17.1 Å². The minimum atomic E-state index is -0.104. The molecule has 2 aliphatic heterocycles. The number of piperidine rings is 1. The number of nitrogens with zero attached hydrogens (tertiary/aromatic N) is 3. The fraction of sp³-hybridized carbons (Fsp3) is 0.846. The van der Waals surface area contributed by atoms with Crippen molar-refractivity contribution in [2.24, 2.45) is 0 Å². The Labute approximate surface area is 114 Å². The summed E-state index contributed by atoms with van der Waals surface area (Å²) in [5.74, 6) is 0.0384. The van der Waals surface area contributed by atoms with Crippen molar-refractivity contribution in [3.8, 4) is 0 Å². The van der Waals surface area contributed by atoms with Crippen molar-refractivity contribution in [2.75, 3.05) is 39.4 Å². The third-order valence-electron chi connectivity index (χ3n) is 3.97. The minimum Gasteiger partial charge on any atom is -0.334 e. The highest BCUT2D eigenvalue weighted by molar-refractivity contribution is 5.87. The summed E-state index contributed by atoms with van der Waals surface area (Å²) in [6, 6.07) is 0.110. The number of nitrogens with one attached hydrogen (secondary N) is 1. The zero-order valence-electron chi connectivity index (χ0n) is 11.9. The maximum atomic E-state index is 12.1. The van der Waals surface area contributed by atoms with Crippen LogP contribution in [-0.4, -0.2) is 72.1 Å². The van der Waals surface area contributed by atoms with E-state index in [9.17, 15) is 9.59 Å². The van der Waals surface area contributed by atoms with Crippen LogP contribution in [-0.2, 0) is 4.79 Å². The molecule has 0 aliphatic carbocycles. The van der Waals surface area contributed by atoms with E-state index in [1.165, 1.54) is 0 Å². The van der Waals surface area contributed by atoms with Crippen LogP contribution in [0, 0.1) is 0 Å². The molecule has 0 aromatic rings. The van der Waals surface area contributed by atoms with E-state index < -0.39 is 0 Å². The SMILES string of the molecule is CCN1CCCC(NC(=O)N2CC(=O)N(CC)C2)C1. The van der Waals surface area contributed by atoms with Crippen LogP contribution in [0.2, 0.25) is 0 Å². The Hall–Kier alpha value is -1.30. The van der Waals surface area contributed by atoms with Crippen molar-refractivity contribution in [3.05, 3.63) is 0 Å². The van der Waals surface area contributed by atoms with Crippen molar-refractivity contribution < 1.29 is 9.59 Å². The molecule has 6 heteroatoms. The van der Waals surface area contributed by atoms with E-state index in [0.29, 0.717) is 13.2 Å². The predicted molar refractivity (Wildman–Crippen MR) is 72.6 cm³/mol. The van der Waals surface area contributed by atoms with E-state index in [-0.39, 0.29) is 24.5 Å². The number of amides is 3. The maximum absolute atomic E-state index is 12.1. The molecule has 2 saturated heterocycles. The molecule has 0 aromatic carbocycles. The Morgan fingerprint density at radius 1 is 1.37 bits per heavy atom. The van der Waals surface area contributed by atoms with Crippen LogP contribution in [0.1, 0.15) is 26.7 Å². The lowest BCUT2D eigenvalue weighted by atomic mass is 10.1. The lowest BCUT2D eigenvalue weighted by molar-refractivity contribution is -0.126. The van der Waals surface area contributed by atoms with Crippen molar-refractivity contribution in [1.29, 1.82) is 0 Å². The summed E-state index contributed by atoms with van der Waals surface area (Å²) in [5, 5.41) is 3.06. The number of hydrogen-bond donors (Lipinski definition) is 1. The number of likely N-dealkylation sites (N-methyl/N-ethyl adjacent to an activating group) is 2. The first kappa shape index (κ1) is 14.1. The van der Waals surface area contributed by atoms with E-state index >= 15 is 0 Å². The number of hydrogen-bond acceptors (Lipinski definition) is 3. The zero-order valence-corrected chi connectivity index (χ0v) is 11.9. The third kappa shape index (κ3) is 3.37. The molecule has 3 amide bonds. The second-order valence-electron chi connectivity index (χ2n) is 5.27. The quantitative estimate of drug-likeness (QED) is 0.801. The number of likely N-dealkylation sites (tertiary alicyclic amines) is 1. The lowest BCUT2D eigenvalue weighted by Crippen LogP contribution is -2.51.